The van der Waals surface area contributed by atoms with E-state index in [0.717, 1.165) is 17.1 Å². The van der Waals surface area contributed by atoms with Crippen LogP contribution in [0.25, 0.3) is 10.9 Å². The van der Waals surface area contributed by atoms with Gasteiger partial charge in [0.05, 0.1) is 16.7 Å². The first-order valence-corrected chi connectivity index (χ1v) is 7.32. The molecule has 2 aromatic heterocycles. The van der Waals surface area contributed by atoms with Crippen LogP contribution in [0.5, 0.6) is 0 Å². The Morgan fingerprint density at radius 2 is 1.40 bits per heavy atom. The van der Waals surface area contributed by atoms with Crippen molar-refractivity contribution in [1.82, 2.24) is 14.8 Å². The number of aryl methyl sites for hydroxylation is 3. The van der Waals surface area contributed by atoms with Crippen molar-refractivity contribution in [3.8, 4) is 0 Å². The number of fused-ring (bicyclic) bond motifs is 1. The summed E-state index contributed by atoms with van der Waals surface area (Å²) >= 11 is 0. The molecule has 0 amide bonds. The Bertz CT molecular complexity index is 664. The Labute approximate surface area is 122 Å². The Balaban J connectivity index is 3.04. The van der Waals surface area contributed by atoms with Crippen LogP contribution in [-0.4, -0.2) is 14.8 Å². The minimum atomic E-state index is -0.0350. The number of rotatable bonds is 0. The van der Waals surface area contributed by atoms with E-state index in [0.29, 0.717) is 0 Å². The molecule has 2 heterocycles. The fourth-order valence-corrected chi connectivity index (χ4v) is 2.68. The molecular formula is C17H27N3. The molecule has 0 radical (unpaired) electrons. The van der Waals surface area contributed by atoms with Crippen molar-refractivity contribution < 1.29 is 0 Å². The molecule has 110 valence electrons. The second-order valence-corrected chi connectivity index (χ2v) is 7.81. The molecule has 0 aliphatic heterocycles. The summed E-state index contributed by atoms with van der Waals surface area (Å²) < 4.78 is 2.18. The zero-order chi connectivity index (χ0) is 15.5. The maximum absolute atomic E-state index is 4.97. The molecule has 3 nitrogen and oxygen atoms in total. The van der Waals surface area contributed by atoms with E-state index in [4.69, 9.17) is 10.1 Å². The average Bonchev–Trinajstić information content (AvgIpc) is 2.65. The minimum Gasteiger partial charge on any atom is -0.259 e. The molecule has 0 atom stereocenters. The van der Waals surface area contributed by atoms with Gasteiger partial charge in [-0.05, 0) is 47.1 Å². The first-order chi connectivity index (χ1) is 8.94. The van der Waals surface area contributed by atoms with Crippen LogP contribution in [-0.2, 0) is 11.0 Å². The van der Waals surface area contributed by atoms with Crippen LogP contribution in [0.4, 0.5) is 0 Å². The highest BCUT2D eigenvalue weighted by molar-refractivity contribution is 5.88. The number of hydrogen-bond donors (Lipinski definition) is 0. The third-order valence-electron chi connectivity index (χ3n) is 3.83. The molecule has 0 N–H and O–H groups in total. The van der Waals surface area contributed by atoms with Crippen molar-refractivity contribution in [3.05, 3.63) is 22.6 Å². The lowest BCUT2D eigenvalue weighted by atomic mass is 9.89. The monoisotopic (exact) mass is 273 g/mol. The number of nitrogens with zero attached hydrogens (tertiary/aromatic N) is 3. The summed E-state index contributed by atoms with van der Waals surface area (Å²) in [5, 5.41) is 6.20. The third kappa shape index (κ3) is 2.23. The van der Waals surface area contributed by atoms with Crippen molar-refractivity contribution in [1.29, 1.82) is 0 Å². The van der Waals surface area contributed by atoms with Gasteiger partial charge < -0.3 is 0 Å². The fourth-order valence-electron chi connectivity index (χ4n) is 2.68. The molecule has 0 unspecified atom stereocenters. The zero-order valence-corrected chi connectivity index (χ0v) is 14.3. The van der Waals surface area contributed by atoms with E-state index < -0.39 is 0 Å². The van der Waals surface area contributed by atoms with Gasteiger partial charge in [0.25, 0.3) is 0 Å². The lowest BCUT2D eigenvalue weighted by Crippen LogP contribution is -2.24. The lowest BCUT2D eigenvalue weighted by molar-refractivity contribution is 0.359. The molecule has 2 aromatic rings. The van der Waals surface area contributed by atoms with Crippen molar-refractivity contribution in [2.24, 2.45) is 0 Å². The summed E-state index contributed by atoms with van der Waals surface area (Å²) in [6.45, 7) is 19.6. The molecular weight excluding hydrogens is 246 g/mol. The Morgan fingerprint density at radius 1 is 0.850 bits per heavy atom. The smallest absolute Gasteiger partial charge is 0.0775 e. The molecule has 0 bridgehead atoms. The van der Waals surface area contributed by atoms with Crippen molar-refractivity contribution >= 4 is 10.9 Å². The summed E-state index contributed by atoms with van der Waals surface area (Å²) in [5.74, 6) is 0. The topological polar surface area (TPSA) is 30.7 Å². The van der Waals surface area contributed by atoms with E-state index in [1.165, 1.54) is 16.5 Å². The van der Waals surface area contributed by atoms with Gasteiger partial charge in [0.1, 0.15) is 0 Å². The van der Waals surface area contributed by atoms with Crippen LogP contribution >= 0.6 is 0 Å². The second-order valence-electron chi connectivity index (χ2n) is 7.81. The van der Waals surface area contributed by atoms with Crippen molar-refractivity contribution in [3.63, 3.8) is 0 Å². The number of hydrogen-bond acceptors (Lipinski definition) is 2. The van der Waals surface area contributed by atoms with Crippen LogP contribution in [0.15, 0.2) is 0 Å². The number of aromatic nitrogens is 3. The highest BCUT2D eigenvalue weighted by atomic mass is 15.3. The van der Waals surface area contributed by atoms with Crippen LogP contribution in [0.3, 0.4) is 0 Å². The molecule has 0 aromatic carbocycles. The molecule has 0 fully saturated rings. The summed E-state index contributed by atoms with van der Waals surface area (Å²) in [4.78, 5) is 4.72. The Morgan fingerprint density at radius 3 is 1.85 bits per heavy atom. The van der Waals surface area contributed by atoms with Crippen molar-refractivity contribution in [2.45, 2.75) is 73.3 Å². The lowest BCUT2D eigenvalue weighted by Gasteiger charge is -2.22. The van der Waals surface area contributed by atoms with Gasteiger partial charge in [-0.2, -0.15) is 5.10 Å². The van der Waals surface area contributed by atoms with E-state index in [-0.39, 0.29) is 11.0 Å². The predicted molar refractivity (Wildman–Crippen MR) is 85.4 cm³/mol. The van der Waals surface area contributed by atoms with E-state index in [9.17, 15) is 0 Å². The van der Waals surface area contributed by atoms with Gasteiger partial charge in [0, 0.05) is 22.2 Å². The fraction of sp³-hybridized carbons (Fsp3) is 0.647. The summed E-state index contributed by atoms with van der Waals surface area (Å²) in [5.41, 5.74) is 5.80. The highest BCUT2D eigenvalue weighted by Gasteiger charge is 2.29. The van der Waals surface area contributed by atoms with Crippen LogP contribution < -0.4 is 0 Å². The van der Waals surface area contributed by atoms with Gasteiger partial charge in [-0.1, -0.05) is 20.8 Å². The van der Waals surface area contributed by atoms with E-state index in [1.807, 2.05) is 0 Å². The molecule has 0 spiro atoms. The predicted octanol–water partition coefficient (Wildman–Crippen LogP) is 4.41. The molecule has 0 aliphatic carbocycles. The van der Waals surface area contributed by atoms with E-state index in [2.05, 4.69) is 67.0 Å². The zero-order valence-electron chi connectivity index (χ0n) is 14.3. The summed E-state index contributed by atoms with van der Waals surface area (Å²) in [6, 6.07) is 0. The summed E-state index contributed by atoms with van der Waals surface area (Å²) in [6.07, 6.45) is 0. The van der Waals surface area contributed by atoms with Crippen LogP contribution in [0.2, 0.25) is 0 Å². The highest BCUT2D eigenvalue weighted by Crippen LogP contribution is 2.35. The van der Waals surface area contributed by atoms with E-state index in [1.54, 1.807) is 0 Å². The first kappa shape index (κ1) is 15.0. The molecule has 0 aliphatic rings. The van der Waals surface area contributed by atoms with Gasteiger partial charge in [-0.25, -0.2) is 0 Å². The van der Waals surface area contributed by atoms with Gasteiger partial charge in [0.15, 0.2) is 0 Å². The second kappa shape index (κ2) is 4.31. The van der Waals surface area contributed by atoms with Gasteiger partial charge in [0.2, 0.25) is 0 Å². The largest absolute Gasteiger partial charge is 0.259 e. The maximum atomic E-state index is 4.97. The molecule has 20 heavy (non-hydrogen) atoms. The third-order valence-corrected chi connectivity index (χ3v) is 3.83. The van der Waals surface area contributed by atoms with Gasteiger partial charge in [-0.15, -0.1) is 0 Å². The number of pyridine rings is 1. The normalized spacial score (nSPS) is 13.2. The molecule has 0 saturated heterocycles. The Hall–Kier alpha value is -1.38. The molecule has 2 rings (SSSR count). The average molecular weight is 273 g/mol. The molecule has 0 saturated carbocycles. The van der Waals surface area contributed by atoms with Gasteiger partial charge in [-0.3, -0.25) is 9.67 Å². The quantitative estimate of drug-likeness (QED) is 0.712. The van der Waals surface area contributed by atoms with Crippen LogP contribution in [0, 0.1) is 20.8 Å². The first-order valence-electron chi connectivity index (χ1n) is 7.32. The maximum Gasteiger partial charge on any atom is 0.0775 e. The summed E-state index contributed by atoms with van der Waals surface area (Å²) in [7, 11) is 0. The SMILES string of the molecule is Cc1nc(C)c2c(C(C)(C)C)nn(C(C)(C)C)c2c1C. The van der Waals surface area contributed by atoms with Gasteiger partial charge >= 0.3 is 0 Å². The standard InChI is InChI=1S/C17H27N3/c1-10-11(2)18-12(3)13-14(10)20(17(7,8)9)19-15(13)16(4,5)6/h1-9H3. The minimum absolute atomic E-state index is 0.0168. The Kier molecular flexibility index (Phi) is 3.23. The molecule has 3 heteroatoms. The van der Waals surface area contributed by atoms with Crippen molar-refractivity contribution in [2.75, 3.05) is 0 Å². The van der Waals surface area contributed by atoms with E-state index >= 15 is 0 Å². The van der Waals surface area contributed by atoms with Crippen LogP contribution in [0.1, 0.15) is 64.2 Å².